The molecule has 0 aliphatic carbocycles. The van der Waals surface area contributed by atoms with Crippen molar-refractivity contribution in [3.8, 4) is 5.19 Å². The highest BCUT2D eigenvalue weighted by Gasteiger charge is 2.12. The van der Waals surface area contributed by atoms with Crippen molar-refractivity contribution in [2.75, 3.05) is 19.7 Å². The highest BCUT2D eigenvalue weighted by molar-refractivity contribution is 7.15. The topological polar surface area (TPSA) is 83.5 Å². The third-order valence-corrected chi connectivity index (χ3v) is 4.88. The quantitative estimate of drug-likeness (QED) is 0.464. The van der Waals surface area contributed by atoms with Crippen LogP contribution < -0.4 is 15.4 Å². The summed E-state index contributed by atoms with van der Waals surface area (Å²) in [6, 6.07) is 0.315. The normalized spacial score (nSPS) is 13.7. The Labute approximate surface area is 155 Å². The van der Waals surface area contributed by atoms with Crippen LogP contribution in [0.2, 0.25) is 0 Å². The Balaban J connectivity index is 2.23. The van der Waals surface area contributed by atoms with E-state index in [4.69, 9.17) is 4.74 Å². The number of aromatic nitrogens is 1. The number of amides is 1. The van der Waals surface area contributed by atoms with E-state index in [0.29, 0.717) is 29.2 Å². The standard InChI is InChI=1S/C18H33N3O3S/c1-5-14(4)8-6-7-9-19-17(23)16-11-21-18(25-16)24-12-15(22)10-20-13(2)3/h11,13-15,20,22H,5-10,12H2,1-4H3,(H,19,23). The van der Waals surface area contributed by atoms with Crippen molar-refractivity contribution in [1.29, 1.82) is 0 Å². The second kappa shape index (κ2) is 12.2. The van der Waals surface area contributed by atoms with Gasteiger partial charge in [-0.25, -0.2) is 4.98 Å². The summed E-state index contributed by atoms with van der Waals surface area (Å²) >= 11 is 1.20. The molecule has 0 aromatic carbocycles. The molecule has 0 aliphatic rings. The fraction of sp³-hybridized carbons (Fsp3) is 0.778. The first-order valence-electron chi connectivity index (χ1n) is 9.20. The maximum atomic E-state index is 12.1. The third kappa shape index (κ3) is 9.77. The first kappa shape index (κ1) is 21.9. The van der Waals surface area contributed by atoms with E-state index < -0.39 is 6.10 Å². The molecule has 0 radical (unpaired) electrons. The SMILES string of the molecule is CCC(C)CCCCNC(=O)c1cnc(OCC(O)CNC(C)C)s1. The van der Waals surface area contributed by atoms with Crippen molar-refractivity contribution in [2.45, 2.75) is 65.5 Å². The molecule has 7 heteroatoms. The van der Waals surface area contributed by atoms with E-state index >= 15 is 0 Å². The fourth-order valence-corrected chi connectivity index (χ4v) is 2.83. The fourth-order valence-electron chi connectivity index (χ4n) is 2.14. The van der Waals surface area contributed by atoms with E-state index in [0.717, 1.165) is 18.8 Å². The number of unbranched alkanes of at least 4 members (excludes halogenated alkanes) is 1. The lowest BCUT2D eigenvalue weighted by Crippen LogP contribution is -2.35. The van der Waals surface area contributed by atoms with Gasteiger partial charge in [0.2, 0.25) is 0 Å². The van der Waals surface area contributed by atoms with Crippen molar-refractivity contribution in [3.05, 3.63) is 11.1 Å². The lowest BCUT2D eigenvalue weighted by molar-refractivity contribution is 0.0956. The number of nitrogens with one attached hydrogen (secondary N) is 2. The predicted molar refractivity (Wildman–Crippen MR) is 102 cm³/mol. The number of carbonyl (C=O) groups excluding carboxylic acids is 1. The number of ether oxygens (including phenoxy) is 1. The molecule has 0 spiro atoms. The van der Waals surface area contributed by atoms with E-state index in [1.165, 1.54) is 30.4 Å². The van der Waals surface area contributed by atoms with Gasteiger partial charge in [0.05, 0.1) is 6.20 Å². The van der Waals surface area contributed by atoms with Crippen LogP contribution >= 0.6 is 11.3 Å². The van der Waals surface area contributed by atoms with Gasteiger partial charge in [-0.15, -0.1) is 0 Å². The molecule has 0 aliphatic heterocycles. The number of nitrogens with zero attached hydrogens (tertiary/aromatic N) is 1. The second-order valence-corrected chi connectivity index (χ2v) is 7.78. The van der Waals surface area contributed by atoms with Crippen LogP contribution in [-0.4, -0.2) is 47.8 Å². The number of hydrogen-bond donors (Lipinski definition) is 3. The summed E-state index contributed by atoms with van der Waals surface area (Å²) < 4.78 is 5.45. The highest BCUT2D eigenvalue weighted by Crippen LogP contribution is 2.20. The molecule has 0 saturated heterocycles. The Kier molecular flexibility index (Phi) is 10.7. The Morgan fingerprint density at radius 3 is 2.80 bits per heavy atom. The van der Waals surface area contributed by atoms with Gasteiger partial charge >= 0.3 is 0 Å². The minimum absolute atomic E-state index is 0.113. The van der Waals surface area contributed by atoms with Crippen LogP contribution in [0.1, 0.15) is 63.0 Å². The van der Waals surface area contributed by atoms with E-state index in [9.17, 15) is 9.90 Å². The first-order chi connectivity index (χ1) is 11.9. The second-order valence-electron chi connectivity index (χ2n) is 6.78. The molecular weight excluding hydrogens is 338 g/mol. The number of aliphatic hydroxyl groups excluding tert-OH is 1. The van der Waals surface area contributed by atoms with Gasteiger partial charge in [0.15, 0.2) is 0 Å². The summed E-state index contributed by atoms with van der Waals surface area (Å²) in [5, 5.41) is 16.3. The van der Waals surface area contributed by atoms with Crippen LogP contribution in [0, 0.1) is 5.92 Å². The first-order valence-corrected chi connectivity index (χ1v) is 10.0. The van der Waals surface area contributed by atoms with Gasteiger partial charge in [-0.05, 0) is 12.3 Å². The molecule has 1 aromatic heterocycles. The summed E-state index contributed by atoms with van der Waals surface area (Å²) in [5.74, 6) is 0.640. The molecule has 6 nitrogen and oxygen atoms in total. The van der Waals surface area contributed by atoms with Crippen molar-refractivity contribution in [3.63, 3.8) is 0 Å². The van der Waals surface area contributed by atoms with Crippen molar-refractivity contribution in [2.24, 2.45) is 5.92 Å². The lowest BCUT2D eigenvalue weighted by atomic mass is 10.0. The number of carbonyl (C=O) groups is 1. The van der Waals surface area contributed by atoms with Crippen LogP contribution in [0.4, 0.5) is 0 Å². The van der Waals surface area contributed by atoms with Crippen LogP contribution in [-0.2, 0) is 0 Å². The van der Waals surface area contributed by atoms with Gasteiger partial charge in [0.1, 0.15) is 17.6 Å². The largest absolute Gasteiger partial charge is 0.467 e. The van der Waals surface area contributed by atoms with E-state index in [2.05, 4.69) is 29.5 Å². The van der Waals surface area contributed by atoms with Crippen molar-refractivity contribution >= 4 is 17.2 Å². The number of thiazole rings is 1. The predicted octanol–water partition coefficient (Wildman–Crippen LogP) is 2.83. The van der Waals surface area contributed by atoms with Crippen LogP contribution in [0.5, 0.6) is 5.19 Å². The van der Waals surface area contributed by atoms with Crippen molar-refractivity contribution in [1.82, 2.24) is 15.6 Å². The molecule has 2 atom stereocenters. The van der Waals surface area contributed by atoms with Crippen molar-refractivity contribution < 1.29 is 14.6 Å². The minimum atomic E-state index is -0.603. The lowest BCUT2D eigenvalue weighted by Gasteiger charge is -2.13. The van der Waals surface area contributed by atoms with Gasteiger partial charge < -0.3 is 20.5 Å². The number of hydrogen-bond acceptors (Lipinski definition) is 6. The minimum Gasteiger partial charge on any atom is -0.467 e. The van der Waals surface area contributed by atoms with Gasteiger partial charge in [0.25, 0.3) is 11.1 Å². The molecule has 1 heterocycles. The highest BCUT2D eigenvalue weighted by atomic mass is 32.1. The Hall–Kier alpha value is -1.18. The van der Waals surface area contributed by atoms with Crippen LogP contribution in [0.15, 0.2) is 6.20 Å². The molecule has 1 rings (SSSR count). The van der Waals surface area contributed by atoms with Gasteiger partial charge in [-0.1, -0.05) is 58.3 Å². The molecule has 0 fully saturated rings. The maximum Gasteiger partial charge on any atom is 0.273 e. The average Bonchev–Trinajstić information content (AvgIpc) is 3.06. The molecule has 25 heavy (non-hydrogen) atoms. The zero-order chi connectivity index (χ0) is 18.7. The summed E-state index contributed by atoms with van der Waals surface area (Å²) in [6.45, 7) is 9.80. The summed E-state index contributed by atoms with van der Waals surface area (Å²) in [4.78, 5) is 16.7. The maximum absolute atomic E-state index is 12.1. The third-order valence-electron chi connectivity index (χ3n) is 3.98. The molecule has 144 valence electrons. The molecule has 0 bridgehead atoms. The van der Waals surface area contributed by atoms with E-state index in [-0.39, 0.29) is 12.5 Å². The van der Waals surface area contributed by atoms with Gasteiger partial charge in [-0.2, -0.15) is 0 Å². The van der Waals surface area contributed by atoms with Crippen LogP contribution in [0.25, 0.3) is 0 Å². The van der Waals surface area contributed by atoms with Gasteiger partial charge in [0, 0.05) is 19.1 Å². The zero-order valence-corrected chi connectivity index (χ0v) is 16.7. The Morgan fingerprint density at radius 1 is 1.36 bits per heavy atom. The van der Waals surface area contributed by atoms with E-state index in [1.54, 1.807) is 0 Å². The molecule has 1 aromatic rings. The van der Waals surface area contributed by atoms with Crippen LogP contribution in [0.3, 0.4) is 0 Å². The summed E-state index contributed by atoms with van der Waals surface area (Å²) in [7, 11) is 0. The van der Waals surface area contributed by atoms with Gasteiger partial charge in [-0.3, -0.25) is 4.79 Å². The Bertz CT molecular complexity index is 494. The zero-order valence-electron chi connectivity index (χ0n) is 15.9. The number of rotatable bonds is 13. The number of aliphatic hydroxyl groups is 1. The Morgan fingerprint density at radius 2 is 2.12 bits per heavy atom. The average molecular weight is 372 g/mol. The summed E-state index contributed by atoms with van der Waals surface area (Å²) in [5.41, 5.74) is 0. The molecule has 1 amide bonds. The molecular formula is C18H33N3O3S. The summed E-state index contributed by atoms with van der Waals surface area (Å²) in [6.07, 6.45) is 5.46. The molecule has 0 saturated carbocycles. The monoisotopic (exact) mass is 371 g/mol. The smallest absolute Gasteiger partial charge is 0.273 e. The molecule has 3 N–H and O–H groups in total. The van der Waals surface area contributed by atoms with E-state index in [1.807, 2.05) is 13.8 Å². The molecule has 2 unspecified atom stereocenters.